The number of nitrogens with zero attached hydrogens (tertiary/aromatic N) is 1. The van der Waals surface area contributed by atoms with Crippen molar-refractivity contribution in [1.29, 1.82) is 0 Å². The van der Waals surface area contributed by atoms with Crippen molar-refractivity contribution in [1.82, 2.24) is 10.6 Å². The van der Waals surface area contributed by atoms with Crippen LogP contribution in [0.3, 0.4) is 0 Å². The van der Waals surface area contributed by atoms with E-state index in [9.17, 15) is 19.5 Å². The largest absolute Gasteiger partial charge is 0.489 e. The van der Waals surface area contributed by atoms with Gasteiger partial charge in [0.1, 0.15) is 31.0 Å². The van der Waals surface area contributed by atoms with E-state index in [2.05, 4.69) is 10.6 Å². The van der Waals surface area contributed by atoms with Crippen molar-refractivity contribution in [2.24, 2.45) is 5.92 Å². The summed E-state index contributed by atoms with van der Waals surface area (Å²) in [7, 11) is 0. The number of anilines is 1. The monoisotopic (exact) mass is 533 g/mol. The van der Waals surface area contributed by atoms with Gasteiger partial charge in [-0.05, 0) is 57.3 Å². The highest BCUT2D eigenvalue weighted by molar-refractivity contribution is 6.02. The Morgan fingerprint density at radius 2 is 1.94 bits per heavy atom. The molecule has 0 spiro atoms. The molecule has 1 aromatic rings. The number of carboxylic acid groups (broad SMARTS) is 1. The number of para-hydroxylation sites is 2. The molecular weight excluding hydrogens is 497 g/mol. The van der Waals surface area contributed by atoms with Gasteiger partial charge in [-0.2, -0.15) is 0 Å². The smallest absolute Gasteiger partial charge is 0.323 e. The number of unbranched alkanes of at least 4 members (excludes halogenated alkanes) is 1. The molecule has 3 N–H and O–H groups in total. The number of hydrogen-bond donors (Lipinski definition) is 3. The summed E-state index contributed by atoms with van der Waals surface area (Å²) in [6, 6.07) is 5.31. The van der Waals surface area contributed by atoms with Gasteiger partial charge in [-0.1, -0.05) is 31.4 Å². The van der Waals surface area contributed by atoms with Crippen LogP contribution in [0, 0.1) is 5.92 Å². The zero-order valence-corrected chi connectivity index (χ0v) is 21.7. The number of carbonyl (C=O) groups excluding carboxylic acids is 2. The van der Waals surface area contributed by atoms with E-state index in [0.717, 1.165) is 38.3 Å². The summed E-state index contributed by atoms with van der Waals surface area (Å²) in [5.74, 6) is -0.810. The lowest BCUT2D eigenvalue weighted by molar-refractivity contribution is -0.146. The molecule has 0 saturated carbocycles. The maximum absolute atomic E-state index is 13.3. The minimum absolute atomic E-state index is 0. The minimum atomic E-state index is -1.13. The molecule has 198 valence electrons. The molecular formula is C24H37Cl2N3O6. The Morgan fingerprint density at radius 3 is 2.63 bits per heavy atom. The molecule has 1 aromatic carbocycles. The highest BCUT2D eigenvalue weighted by Gasteiger charge is 2.35. The van der Waals surface area contributed by atoms with Gasteiger partial charge in [-0.25, -0.2) is 0 Å². The number of piperidine rings is 1. The number of halogens is 2. The molecule has 1 amide bonds. The third-order valence-electron chi connectivity index (χ3n) is 6.21. The summed E-state index contributed by atoms with van der Waals surface area (Å²) in [5, 5.41) is 15.8. The van der Waals surface area contributed by atoms with Crippen LogP contribution in [0.1, 0.15) is 45.4 Å². The second kappa shape index (κ2) is 15.8. The van der Waals surface area contributed by atoms with Crippen molar-refractivity contribution < 1.29 is 29.0 Å². The molecule has 2 aliphatic rings. The highest BCUT2D eigenvalue weighted by atomic mass is 35.5. The van der Waals surface area contributed by atoms with Crippen molar-refractivity contribution in [3.63, 3.8) is 0 Å². The second-order valence-corrected chi connectivity index (χ2v) is 8.60. The number of carbonyl (C=O) groups is 3. The van der Waals surface area contributed by atoms with Gasteiger partial charge < -0.3 is 19.9 Å². The van der Waals surface area contributed by atoms with Crippen LogP contribution < -0.4 is 20.3 Å². The number of benzene rings is 1. The van der Waals surface area contributed by atoms with E-state index in [-0.39, 0.29) is 38.0 Å². The minimum Gasteiger partial charge on any atom is -0.489 e. The Hall–Kier alpha value is -2.07. The first kappa shape index (κ1) is 31.0. The van der Waals surface area contributed by atoms with Gasteiger partial charge in [0.25, 0.3) is 0 Å². The van der Waals surface area contributed by atoms with E-state index < -0.39 is 36.5 Å². The van der Waals surface area contributed by atoms with Crippen LogP contribution in [0.4, 0.5) is 5.69 Å². The molecule has 35 heavy (non-hydrogen) atoms. The van der Waals surface area contributed by atoms with Gasteiger partial charge in [-0.15, -0.1) is 24.8 Å². The Morgan fingerprint density at radius 1 is 1.23 bits per heavy atom. The molecule has 0 aromatic heterocycles. The van der Waals surface area contributed by atoms with E-state index >= 15 is 0 Å². The number of hydrogen-bond acceptors (Lipinski definition) is 7. The maximum Gasteiger partial charge on any atom is 0.323 e. The number of nitrogens with one attached hydrogen (secondary N) is 2. The Balaban J connectivity index is 0.00000306. The summed E-state index contributed by atoms with van der Waals surface area (Å²) >= 11 is 0. The van der Waals surface area contributed by atoms with Gasteiger partial charge in [0.15, 0.2) is 0 Å². The predicted octanol–water partition coefficient (Wildman–Crippen LogP) is 2.79. The van der Waals surface area contributed by atoms with Gasteiger partial charge in [0.05, 0.1) is 12.3 Å². The number of aliphatic carboxylic acids is 1. The second-order valence-electron chi connectivity index (χ2n) is 8.60. The summed E-state index contributed by atoms with van der Waals surface area (Å²) in [6.07, 6.45) is 5.89. The van der Waals surface area contributed by atoms with E-state index in [1.165, 1.54) is 17.7 Å². The molecule has 0 radical (unpaired) electrons. The van der Waals surface area contributed by atoms with Crippen LogP contribution in [0.2, 0.25) is 0 Å². The molecule has 9 nitrogen and oxygen atoms in total. The fraction of sp³-hybridized carbons (Fsp3) is 0.625. The molecule has 2 heterocycles. The summed E-state index contributed by atoms with van der Waals surface area (Å²) < 4.78 is 11.1. The van der Waals surface area contributed by atoms with E-state index in [4.69, 9.17) is 9.47 Å². The first-order chi connectivity index (χ1) is 16.0. The number of fused-ring (bicyclic) bond motifs is 1. The summed E-state index contributed by atoms with van der Waals surface area (Å²) in [5.41, 5.74) is 0.406. The predicted molar refractivity (Wildman–Crippen MR) is 138 cm³/mol. The van der Waals surface area contributed by atoms with Crippen LogP contribution in [0.5, 0.6) is 5.75 Å². The van der Waals surface area contributed by atoms with Crippen LogP contribution in [-0.2, 0) is 19.1 Å². The lowest BCUT2D eigenvalue weighted by atomic mass is 9.92. The van der Waals surface area contributed by atoms with Crippen molar-refractivity contribution in [3.05, 3.63) is 24.3 Å². The van der Waals surface area contributed by atoms with Crippen LogP contribution >= 0.6 is 24.8 Å². The third kappa shape index (κ3) is 9.14. The molecule has 2 aliphatic heterocycles. The topological polar surface area (TPSA) is 117 Å². The number of rotatable bonds is 11. The molecule has 1 fully saturated rings. The zero-order valence-electron chi connectivity index (χ0n) is 20.1. The lowest BCUT2D eigenvalue weighted by Crippen LogP contribution is -2.54. The molecule has 2 atom stereocenters. The van der Waals surface area contributed by atoms with Crippen LogP contribution in [0.25, 0.3) is 0 Å². The summed E-state index contributed by atoms with van der Waals surface area (Å²) in [6.45, 7) is 3.64. The molecule has 0 bridgehead atoms. The number of ether oxygens (including phenoxy) is 2. The fourth-order valence-electron chi connectivity index (χ4n) is 4.48. The number of amides is 1. The average Bonchev–Trinajstić information content (AvgIpc) is 2.93. The molecule has 0 unspecified atom stereocenters. The van der Waals surface area contributed by atoms with Crippen molar-refractivity contribution >= 4 is 48.3 Å². The number of carboxylic acids is 1. The molecule has 11 heteroatoms. The quantitative estimate of drug-likeness (QED) is 0.293. The Labute approximate surface area is 219 Å². The first-order valence-electron chi connectivity index (χ1n) is 11.9. The highest BCUT2D eigenvalue weighted by Crippen LogP contribution is 2.31. The molecule has 0 aliphatic carbocycles. The van der Waals surface area contributed by atoms with Crippen molar-refractivity contribution in [3.8, 4) is 5.75 Å². The summed E-state index contributed by atoms with van der Waals surface area (Å²) in [4.78, 5) is 38.5. The standard InChI is InChI=1S/C24H35N3O6.2ClH/c1-2-32-24(31)18(8-4-3-7-17-11-13-25-14-12-17)26-19-16-33-21-10-6-5-9-20(21)27(23(19)30)15-22(28)29;;/h5-6,9-10,17-19,25-26H,2-4,7-8,11-16H2,1H3,(H,28,29);2*1H/t18-,19+;;/m1../s1. The van der Waals surface area contributed by atoms with E-state index in [1.807, 2.05) is 0 Å². The normalized spacial score (nSPS) is 18.7. The SMILES string of the molecule is CCOC(=O)[C@@H](CCCCC1CCNCC1)N[C@H]1COc2ccccc2N(CC(=O)O)C1=O.Cl.Cl. The third-order valence-corrected chi connectivity index (χ3v) is 6.21. The fourth-order valence-corrected chi connectivity index (χ4v) is 4.48. The zero-order chi connectivity index (χ0) is 23.6. The van der Waals surface area contributed by atoms with Gasteiger partial charge in [-0.3, -0.25) is 24.6 Å². The van der Waals surface area contributed by atoms with Crippen molar-refractivity contribution in [2.75, 3.05) is 37.7 Å². The maximum atomic E-state index is 13.3. The van der Waals surface area contributed by atoms with E-state index in [0.29, 0.717) is 17.9 Å². The molecule has 1 saturated heterocycles. The molecule has 3 rings (SSSR count). The Kier molecular flexibility index (Phi) is 14.0. The van der Waals surface area contributed by atoms with Gasteiger partial charge in [0.2, 0.25) is 5.91 Å². The average molecular weight is 534 g/mol. The Bertz CT molecular complexity index is 822. The van der Waals surface area contributed by atoms with Gasteiger partial charge >= 0.3 is 11.9 Å². The first-order valence-corrected chi connectivity index (χ1v) is 11.9. The lowest BCUT2D eigenvalue weighted by Gasteiger charge is -2.26. The van der Waals surface area contributed by atoms with Gasteiger partial charge in [0, 0.05) is 0 Å². The number of esters is 1. The van der Waals surface area contributed by atoms with Crippen LogP contribution in [0.15, 0.2) is 24.3 Å². The van der Waals surface area contributed by atoms with Crippen LogP contribution in [-0.4, -0.2) is 67.9 Å². The van der Waals surface area contributed by atoms with Crippen molar-refractivity contribution in [2.45, 2.75) is 57.5 Å². The van der Waals surface area contributed by atoms with E-state index in [1.54, 1.807) is 31.2 Å².